The Kier molecular flexibility index (Phi) is 5.25. The number of benzene rings is 4. The van der Waals surface area contributed by atoms with Gasteiger partial charge in [-0.1, -0.05) is 68.4 Å². The zero-order valence-corrected chi connectivity index (χ0v) is 22.6. The van der Waals surface area contributed by atoms with Crippen molar-refractivity contribution >= 4 is 38.9 Å². The molecule has 0 saturated heterocycles. The molecule has 192 valence electrons. The molecule has 39 heavy (non-hydrogen) atoms. The highest BCUT2D eigenvalue weighted by atomic mass is 16.8. The smallest absolute Gasteiger partial charge is 0.137 e. The van der Waals surface area contributed by atoms with E-state index in [1.54, 1.807) is 5.06 Å². The van der Waals surface area contributed by atoms with Crippen molar-refractivity contribution < 1.29 is 4.94 Å². The number of aromatic nitrogens is 2. The molecule has 2 aromatic heterocycles. The molecular formula is C34H30N4O. The summed E-state index contributed by atoms with van der Waals surface area (Å²) in [6, 6.07) is 36.5. The van der Waals surface area contributed by atoms with Crippen LogP contribution in [0.25, 0.3) is 27.6 Å². The van der Waals surface area contributed by atoms with E-state index < -0.39 is 0 Å². The van der Waals surface area contributed by atoms with E-state index in [0.717, 1.165) is 33.9 Å². The zero-order valence-electron chi connectivity index (χ0n) is 22.6. The number of fused-ring (bicyclic) bond motifs is 4. The summed E-state index contributed by atoms with van der Waals surface area (Å²) in [5.41, 5.74) is 8.79. The number of hydrogen-bond acceptors (Lipinski definition) is 4. The van der Waals surface area contributed by atoms with Gasteiger partial charge in [-0.15, -0.1) is 4.94 Å². The highest BCUT2D eigenvalue weighted by molar-refractivity contribution is 6.09. The van der Waals surface area contributed by atoms with Crippen LogP contribution in [0, 0.1) is 6.92 Å². The maximum absolute atomic E-state index is 6.11. The zero-order chi connectivity index (χ0) is 26.7. The predicted octanol–water partition coefficient (Wildman–Crippen LogP) is 8.25. The number of hydroxylamine groups is 1. The van der Waals surface area contributed by atoms with Crippen molar-refractivity contribution in [3.8, 4) is 5.82 Å². The number of aryl methyl sites for hydroxylation is 1. The van der Waals surface area contributed by atoms with Crippen LogP contribution in [0.4, 0.5) is 17.1 Å². The molecule has 0 bridgehead atoms. The molecule has 0 spiro atoms. The Morgan fingerprint density at radius 3 is 2.28 bits per heavy atom. The van der Waals surface area contributed by atoms with Crippen LogP contribution in [-0.4, -0.2) is 16.6 Å². The standard InChI is InChI=1S/C34H30N4O/c1-23-18-19-35-33(20-23)37-29-13-6-5-12-27(29)28-17-16-25(22-32(28)37)34(2,3)24-10-9-11-26(21-24)38-31-15-8-7-14-30(31)36(4)39-38/h5-22H,1-4H3. The van der Waals surface area contributed by atoms with E-state index in [-0.39, 0.29) is 5.41 Å². The summed E-state index contributed by atoms with van der Waals surface area (Å²) in [6.07, 6.45) is 1.89. The van der Waals surface area contributed by atoms with Gasteiger partial charge in [0.15, 0.2) is 0 Å². The van der Waals surface area contributed by atoms with Crippen LogP contribution >= 0.6 is 0 Å². The molecule has 4 aromatic carbocycles. The topological polar surface area (TPSA) is 33.5 Å². The van der Waals surface area contributed by atoms with Gasteiger partial charge < -0.3 is 0 Å². The lowest BCUT2D eigenvalue weighted by molar-refractivity contribution is 0.142. The highest BCUT2D eigenvalue weighted by Crippen LogP contribution is 2.43. The molecule has 0 N–H and O–H groups in total. The molecule has 0 fully saturated rings. The molecule has 0 atom stereocenters. The van der Waals surface area contributed by atoms with E-state index >= 15 is 0 Å². The van der Waals surface area contributed by atoms with Crippen LogP contribution in [-0.2, 0) is 10.4 Å². The van der Waals surface area contributed by atoms with Gasteiger partial charge in [0.05, 0.1) is 28.1 Å². The fourth-order valence-electron chi connectivity index (χ4n) is 5.74. The minimum atomic E-state index is -0.253. The molecule has 1 aliphatic rings. The molecule has 5 heteroatoms. The van der Waals surface area contributed by atoms with Gasteiger partial charge >= 0.3 is 0 Å². The molecule has 0 saturated carbocycles. The maximum Gasteiger partial charge on any atom is 0.137 e. The Bertz CT molecular complexity index is 1870. The summed E-state index contributed by atoms with van der Waals surface area (Å²) in [5, 5.41) is 6.17. The Labute approximate surface area is 228 Å². The molecule has 1 aliphatic heterocycles. The van der Waals surface area contributed by atoms with E-state index in [9.17, 15) is 0 Å². The van der Waals surface area contributed by atoms with Crippen molar-refractivity contribution in [2.45, 2.75) is 26.2 Å². The third-order valence-electron chi connectivity index (χ3n) is 7.97. The van der Waals surface area contributed by atoms with Gasteiger partial charge in [-0.3, -0.25) is 4.57 Å². The second-order valence-corrected chi connectivity index (χ2v) is 10.8. The third kappa shape index (κ3) is 3.69. The normalized spacial score (nSPS) is 13.4. The molecule has 0 aliphatic carbocycles. The van der Waals surface area contributed by atoms with E-state index in [0.29, 0.717) is 0 Å². The van der Waals surface area contributed by atoms with Crippen LogP contribution in [0.1, 0.15) is 30.5 Å². The highest BCUT2D eigenvalue weighted by Gasteiger charge is 2.29. The lowest BCUT2D eigenvalue weighted by Gasteiger charge is -2.28. The van der Waals surface area contributed by atoms with Gasteiger partial charge in [-0.05, 0) is 72.1 Å². The van der Waals surface area contributed by atoms with Crippen molar-refractivity contribution in [3.05, 3.63) is 126 Å². The van der Waals surface area contributed by atoms with Crippen molar-refractivity contribution in [2.24, 2.45) is 0 Å². The largest absolute Gasteiger partial charge is 0.294 e. The Hall–Kier alpha value is -4.61. The van der Waals surface area contributed by atoms with E-state index in [2.05, 4.69) is 110 Å². The summed E-state index contributed by atoms with van der Waals surface area (Å²) in [7, 11) is 1.93. The van der Waals surface area contributed by atoms with Crippen LogP contribution in [0.5, 0.6) is 0 Å². The average Bonchev–Trinajstić information content (AvgIpc) is 3.48. The number of anilines is 3. The van der Waals surface area contributed by atoms with Crippen LogP contribution in [0.15, 0.2) is 109 Å². The van der Waals surface area contributed by atoms with Crippen molar-refractivity contribution in [1.29, 1.82) is 0 Å². The monoisotopic (exact) mass is 510 g/mol. The molecule has 0 amide bonds. The second-order valence-electron chi connectivity index (χ2n) is 10.8. The Morgan fingerprint density at radius 1 is 0.692 bits per heavy atom. The van der Waals surface area contributed by atoms with Crippen molar-refractivity contribution in [3.63, 3.8) is 0 Å². The number of nitrogens with zero attached hydrogens (tertiary/aromatic N) is 4. The lowest BCUT2D eigenvalue weighted by atomic mass is 9.77. The van der Waals surface area contributed by atoms with E-state index in [1.807, 2.05) is 36.5 Å². The number of para-hydroxylation sites is 3. The quantitative estimate of drug-likeness (QED) is 0.239. The maximum atomic E-state index is 6.11. The molecule has 0 radical (unpaired) electrons. The average molecular weight is 511 g/mol. The number of pyridine rings is 1. The van der Waals surface area contributed by atoms with E-state index in [4.69, 9.17) is 9.92 Å². The molecular weight excluding hydrogens is 480 g/mol. The van der Waals surface area contributed by atoms with Crippen molar-refractivity contribution in [2.75, 3.05) is 17.2 Å². The Balaban J connectivity index is 1.36. The molecule has 0 unspecified atom stereocenters. The number of hydrogen-bond donors (Lipinski definition) is 0. The first-order chi connectivity index (χ1) is 18.9. The second kappa shape index (κ2) is 8.72. The van der Waals surface area contributed by atoms with Gasteiger partial charge in [0.2, 0.25) is 0 Å². The van der Waals surface area contributed by atoms with Crippen molar-refractivity contribution in [1.82, 2.24) is 9.55 Å². The van der Waals surface area contributed by atoms with Crippen LogP contribution in [0.3, 0.4) is 0 Å². The molecule has 3 heterocycles. The number of rotatable bonds is 4. The predicted molar refractivity (Wildman–Crippen MR) is 160 cm³/mol. The first-order valence-electron chi connectivity index (χ1n) is 13.3. The van der Waals surface area contributed by atoms with Gasteiger partial charge in [-0.25, -0.2) is 10.0 Å². The minimum Gasteiger partial charge on any atom is -0.294 e. The molecule has 7 rings (SSSR count). The summed E-state index contributed by atoms with van der Waals surface area (Å²) in [6.45, 7) is 6.69. The van der Waals surface area contributed by atoms with E-state index in [1.165, 1.54) is 27.5 Å². The summed E-state index contributed by atoms with van der Waals surface area (Å²) >= 11 is 0. The van der Waals surface area contributed by atoms with Gasteiger partial charge in [0, 0.05) is 29.4 Å². The Morgan fingerprint density at radius 2 is 1.44 bits per heavy atom. The minimum absolute atomic E-state index is 0.253. The fraction of sp³-hybridized carbons (Fsp3) is 0.147. The van der Waals surface area contributed by atoms with Crippen LogP contribution in [0.2, 0.25) is 0 Å². The first-order valence-corrected chi connectivity index (χ1v) is 13.3. The third-order valence-corrected chi connectivity index (χ3v) is 7.97. The lowest BCUT2D eigenvalue weighted by Crippen LogP contribution is -2.22. The molecule has 5 nitrogen and oxygen atoms in total. The fourth-order valence-corrected chi connectivity index (χ4v) is 5.74. The van der Waals surface area contributed by atoms with Crippen LogP contribution < -0.4 is 10.1 Å². The summed E-state index contributed by atoms with van der Waals surface area (Å²) < 4.78 is 2.29. The van der Waals surface area contributed by atoms with Gasteiger partial charge in [-0.2, -0.15) is 5.06 Å². The molecule has 6 aromatic rings. The summed E-state index contributed by atoms with van der Waals surface area (Å²) in [4.78, 5) is 10.9. The SMILES string of the molecule is Cc1ccnc(-n2c3ccccc3c3ccc(C(C)(C)c4cccc(N5ON(C)c6ccccc65)c4)cc32)c1. The summed E-state index contributed by atoms with van der Waals surface area (Å²) in [5.74, 6) is 0.937. The van der Waals surface area contributed by atoms with Gasteiger partial charge in [0.25, 0.3) is 0 Å². The first kappa shape index (κ1) is 23.5. The van der Waals surface area contributed by atoms with Gasteiger partial charge in [0.1, 0.15) is 5.82 Å².